The molecule has 1 rings (SSSR count). The van der Waals surface area contributed by atoms with Crippen molar-refractivity contribution in [1.82, 2.24) is 0 Å². The van der Waals surface area contributed by atoms with Crippen LogP contribution >= 0.6 is 11.3 Å². The Hall–Kier alpha value is -0.380. The van der Waals surface area contributed by atoms with E-state index in [-0.39, 0.29) is 0 Å². The number of hydrogen-bond donors (Lipinski definition) is 1. The zero-order valence-corrected chi connectivity index (χ0v) is 8.19. The maximum Gasteiger partial charge on any atom is 0.0727 e. The molecule has 0 aromatic carbocycles. The number of aryl methyl sites for hydroxylation is 1. The van der Waals surface area contributed by atoms with Gasteiger partial charge in [0.1, 0.15) is 0 Å². The lowest BCUT2D eigenvalue weighted by molar-refractivity contribution is 0.142. The molecule has 0 amide bonds. The maximum atomic E-state index is 4.95. The smallest absolute Gasteiger partial charge is 0.0727 e. The van der Waals surface area contributed by atoms with Gasteiger partial charge in [-0.25, -0.2) is 5.90 Å². The van der Waals surface area contributed by atoms with E-state index in [1.54, 1.807) is 0 Å². The summed E-state index contributed by atoms with van der Waals surface area (Å²) < 4.78 is 0. The average molecular weight is 185 g/mol. The minimum Gasteiger partial charge on any atom is -0.304 e. The molecule has 0 aliphatic carbocycles. The fourth-order valence-corrected chi connectivity index (χ4v) is 2.20. The van der Waals surface area contributed by atoms with E-state index < -0.39 is 0 Å². The van der Waals surface area contributed by atoms with Crippen LogP contribution in [0.5, 0.6) is 0 Å². The van der Waals surface area contributed by atoms with Crippen LogP contribution in [0.1, 0.15) is 23.1 Å². The highest BCUT2D eigenvalue weighted by Crippen LogP contribution is 2.18. The molecule has 0 aliphatic rings. The van der Waals surface area contributed by atoms with Crippen LogP contribution in [0, 0.1) is 0 Å². The molecule has 0 saturated carbocycles. The van der Waals surface area contributed by atoms with Crippen molar-refractivity contribution in [2.45, 2.75) is 26.2 Å². The summed E-state index contributed by atoms with van der Waals surface area (Å²) in [5.74, 6) is 4.95. The minimum atomic E-state index is 0.617. The zero-order valence-electron chi connectivity index (χ0n) is 7.38. The molecule has 2 N–H and O–H groups in total. The van der Waals surface area contributed by atoms with Gasteiger partial charge in [-0.1, -0.05) is 13.3 Å². The maximum absolute atomic E-state index is 4.95. The highest BCUT2D eigenvalue weighted by molar-refractivity contribution is 7.11. The van der Waals surface area contributed by atoms with E-state index in [1.165, 1.54) is 22.6 Å². The number of hydrogen-bond acceptors (Lipinski definition) is 3. The van der Waals surface area contributed by atoms with E-state index in [1.807, 2.05) is 11.3 Å². The Morgan fingerprint density at radius 1 is 1.33 bits per heavy atom. The van der Waals surface area contributed by atoms with Gasteiger partial charge in [0.25, 0.3) is 0 Å². The topological polar surface area (TPSA) is 35.2 Å². The molecule has 2 nitrogen and oxygen atoms in total. The molecule has 1 aromatic heterocycles. The van der Waals surface area contributed by atoms with Crippen molar-refractivity contribution < 1.29 is 4.84 Å². The van der Waals surface area contributed by atoms with Crippen LogP contribution < -0.4 is 5.90 Å². The van der Waals surface area contributed by atoms with Gasteiger partial charge in [-0.3, -0.25) is 0 Å². The first kappa shape index (κ1) is 9.71. The van der Waals surface area contributed by atoms with Crippen LogP contribution in [0.4, 0.5) is 0 Å². The Morgan fingerprint density at radius 3 is 2.58 bits per heavy atom. The second-order valence-electron chi connectivity index (χ2n) is 2.74. The summed E-state index contributed by atoms with van der Waals surface area (Å²) in [6.07, 6.45) is 3.34. The highest BCUT2D eigenvalue weighted by atomic mass is 32.1. The molecule has 0 aliphatic heterocycles. The molecule has 68 valence electrons. The average Bonchev–Trinajstić information content (AvgIpc) is 2.50. The van der Waals surface area contributed by atoms with Gasteiger partial charge in [-0.2, -0.15) is 0 Å². The lowest BCUT2D eigenvalue weighted by atomic mass is 10.3. The third kappa shape index (κ3) is 2.93. The molecule has 0 atom stereocenters. The van der Waals surface area contributed by atoms with Gasteiger partial charge in [0.15, 0.2) is 0 Å². The van der Waals surface area contributed by atoms with Crippen LogP contribution in [0.2, 0.25) is 0 Å². The van der Waals surface area contributed by atoms with Gasteiger partial charge in [0, 0.05) is 16.2 Å². The predicted octanol–water partition coefficient (Wildman–Crippen LogP) is 2.13. The number of nitrogens with two attached hydrogens (primary N) is 1. The second kappa shape index (κ2) is 5.30. The van der Waals surface area contributed by atoms with Crippen molar-refractivity contribution in [2.24, 2.45) is 5.90 Å². The van der Waals surface area contributed by atoms with E-state index in [4.69, 9.17) is 5.90 Å². The largest absolute Gasteiger partial charge is 0.304 e. The lowest BCUT2D eigenvalue weighted by Gasteiger charge is -1.93. The summed E-state index contributed by atoms with van der Waals surface area (Å²) in [4.78, 5) is 7.35. The molecule has 0 spiro atoms. The van der Waals surface area contributed by atoms with E-state index in [0.29, 0.717) is 6.61 Å². The standard InChI is InChI=1S/C9H15NOS/c1-2-3-8-4-5-9(12-8)6-7-11-10/h4-5H,2-3,6-7,10H2,1H3. The first-order valence-corrected chi connectivity index (χ1v) is 5.07. The van der Waals surface area contributed by atoms with E-state index >= 15 is 0 Å². The predicted molar refractivity (Wildman–Crippen MR) is 52.2 cm³/mol. The van der Waals surface area contributed by atoms with Crippen molar-refractivity contribution in [3.8, 4) is 0 Å². The van der Waals surface area contributed by atoms with Crippen LogP contribution in [-0.4, -0.2) is 6.61 Å². The molecule has 0 radical (unpaired) electrons. The lowest BCUT2D eigenvalue weighted by Crippen LogP contribution is -2.02. The third-order valence-corrected chi connectivity index (χ3v) is 2.88. The summed E-state index contributed by atoms with van der Waals surface area (Å²) in [5.41, 5.74) is 0. The number of thiophene rings is 1. The van der Waals surface area contributed by atoms with Crippen molar-refractivity contribution >= 4 is 11.3 Å². The van der Waals surface area contributed by atoms with Crippen LogP contribution in [0.3, 0.4) is 0 Å². The molecule has 0 fully saturated rings. The SMILES string of the molecule is CCCc1ccc(CCON)s1. The van der Waals surface area contributed by atoms with Gasteiger partial charge >= 0.3 is 0 Å². The van der Waals surface area contributed by atoms with Crippen molar-refractivity contribution in [1.29, 1.82) is 0 Å². The van der Waals surface area contributed by atoms with Crippen LogP contribution in [0.25, 0.3) is 0 Å². The highest BCUT2D eigenvalue weighted by Gasteiger charge is 1.98. The zero-order chi connectivity index (χ0) is 8.81. The summed E-state index contributed by atoms with van der Waals surface area (Å²) in [6, 6.07) is 4.36. The molecule has 0 saturated heterocycles. The molecule has 1 heterocycles. The van der Waals surface area contributed by atoms with Gasteiger partial charge in [0.2, 0.25) is 0 Å². The Balaban J connectivity index is 2.41. The van der Waals surface area contributed by atoms with Gasteiger partial charge < -0.3 is 4.84 Å². The fourth-order valence-electron chi connectivity index (χ4n) is 1.10. The first-order chi connectivity index (χ1) is 5.86. The normalized spacial score (nSPS) is 10.5. The summed E-state index contributed by atoms with van der Waals surface area (Å²) >= 11 is 1.86. The molecular formula is C9H15NOS. The molecule has 12 heavy (non-hydrogen) atoms. The van der Waals surface area contributed by atoms with Crippen molar-refractivity contribution in [3.63, 3.8) is 0 Å². The molecule has 0 bridgehead atoms. The van der Waals surface area contributed by atoms with Crippen LogP contribution in [0.15, 0.2) is 12.1 Å². The summed E-state index contributed by atoms with van der Waals surface area (Å²) in [6.45, 7) is 2.81. The van der Waals surface area contributed by atoms with Gasteiger partial charge in [-0.15, -0.1) is 11.3 Å². The second-order valence-corrected chi connectivity index (χ2v) is 3.99. The Bertz CT molecular complexity index is 222. The summed E-state index contributed by atoms with van der Waals surface area (Å²) in [7, 11) is 0. The molecular weight excluding hydrogens is 170 g/mol. The molecule has 1 aromatic rings. The molecule has 0 unspecified atom stereocenters. The molecule has 3 heteroatoms. The van der Waals surface area contributed by atoms with Gasteiger partial charge in [0.05, 0.1) is 6.61 Å². The van der Waals surface area contributed by atoms with E-state index in [9.17, 15) is 0 Å². The first-order valence-electron chi connectivity index (χ1n) is 4.26. The fraction of sp³-hybridized carbons (Fsp3) is 0.556. The van der Waals surface area contributed by atoms with Crippen molar-refractivity contribution in [3.05, 3.63) is 21.9 Å². The Labute approximate surface area is 77.3 Å². The van der Waals surface area contributed by atoms with Gasteiger partial charge in [-0.05, 0) is 18.6 Å². The minimum absolute atomic E-state index is 0.617. The monoisotopic (exact) mass is 185 g/mol. The third-order valence-electron chi connectivity index (χ3n) is 1.68. The Kier molecular flexibility index (Phi) is 4.29. The van der Waals surface area contributed by atoms with E-state index in [2.05, 4.69) is 23.9 Å². The Morgan fingerprint density at radius 2 is 2.00 bits per heavy atom. The summed E-state index contributed by atoms with van der Waals surface area (Å²) in [5, 5.41) is 0. The van der Waals surface area contributed by atoms with Crippen molar-refractivity contribution in [2.75, 3.05) is 6.61 Å². The number of rotatable bonds is 5. The van der Waals surface area contributed by atoms with E-state index in [0.717, 1.165) is 6.42 Å². The quantitative estimate of drug-likeness (QED) is 0.713. The van der Waals surface area contributed by atoms with Crippen LogP contribution in [-0.2, 0) is 17.7 Å².